The fourth-order valence-electron chi connectivity index (χ4n) is 0.693. The number of carboxylic acid groups (broad SMARTS) is 1. The van der Waals surface area contributed by atoms with Gasteiger partial charge in [-0.05, 0) is 6.07 Å². The highest BCUT2D eigenvalue weighted by Gasteiger charge is 2.24. The Kier molecular flexibility index (Phi) is 1.91. The van der Waals surface area contributed by atoms with E-state index in [-0.39, 0.29) is 4.88 Å². The zero-order chi connectivity index (χ0) is 8.43. The summed E-state index contributed by atoms with van der Waals surface area (Å²) >= 11 is 0. The summed E-state index contributed by atoms with van der Waals surface area (Å²) in [5.74, 6) is -1.09. The van der Waals surface area contributed by atoms with Crippen molar-refractivity contribution >= 4 is 21.7 Å². The third kappa shape index (κ3) is 1.38. The zero-order valence-electron chi connectivity index (χ0n) is 5.48. The van der Waals surface area contributed by atoms with E-state index in [4.69, 9.17) is 10.8 Å². The molecule has 0 spiro atoms. The van der Waals surface area contributed by atoms with E-state index in [2.05, 4.69) is 0 Å². The Morgan fingerprint density at radius 3 is 2.55 bits per heavy atom. The van der Waals surface area contributed by atoms with Gasteiger partial charge in [0.25, 0.3) is 4.88 Å². The van der Waals surface area contributed by atoms with Gasteiger partial charge >= 0.3 is 11.2 Å². The number of primary amides is 1. The fourth-order valence-corrected chi connectivity index (χ4v) is 1.84. The Bertz CT molecular complexity index is 276. The number of thiophene rings is 1. The van der Waals surface area contributed by atoms with Gasteiger partial charge in [0.05, 0.1) is 10.5 Å². The number of hydrogen-bond donors (Lipinski definition) is 2. The number of aromatic carboxylic acids is 1. The van der Waals surface area contributed by atoms with Crippen molar-refractivity contribution < 1.29 is 14.7 Å². The van der Waals surface area contributed by atoms with Crippen molar-refractivity contribution in [3.8, 4) is 0 Å². The van der Waals surface area contributed by atoms with Crippen LogP contribution >= 0.6 is 10.5 Å². The summed E-state index contributed by atoms with van der Waals surface area (Å²) in [4.78, 5) is 21.1. The molecule has 5 heteroatoms. The first-order valence-corrected chi connectivity index (χ1v) is 4.06. The van der Waals surface area contributed by atoms with Gasteiger partial charge in [-0.25, -0.2) is 9.59 Å². The number of nitrogens with two attached hydrogens (primary N) is 1. The summed E-state index contributed by atoms with van der Waals surface area (Å²) in [5, 5.41) is 9.41. The highest BCUT2D eigenvalue weighted by molar-refractivity contribution is 7.51. The van der Waals surface area contributed by atoms with Gasteiger partial charge in [-0.1, -0.05) is 0 Å². The fraction of sp³-hybridized carbons (Fsp3) is 0. The summed E-state index contributed by atoms with van der Waals surface area (Å²) in [5.41, 5.74) is 4.94. The first kappa shape index (κ1) is 7.74. The largest absolute Gasteiger partial charge is 0.474 e. The van der Waals surface area contributed by atoms with Crippen molar-refractivity contribution in [3.05, 3.63) is 22.4 Å². The highest BCUT2D eigenvalue weighted by Crippen LogP contribution is 2.23. The van der Waals surface area contributed by atoms with Crippen molar-refractivity contribution in [3.63, 3.8) is 0 Å². The smallest absolute Gasteiger partial charge is 0.454 e. The van der Waals surface area contributed by atoms with Crippen LogP contribution in [0.3, 0.4) is 0 Å². The minimum atomic E-state index is -1.09. The lowest BCUT2D eigenvalue weighted by Gasteiger charge is -1.81. The van der Waals surface area contributed by atoms with Crippen LogP contribution in [0.2, 0.25) is 0 Å². The molecule has 0 aliphatic carbocycles. The first-order valence-electron chi connectivity index (χ1n) is 2.77. The molecule has 0 aromatic carbocycles. The Labute approximate surface area is 65.2 Å². The zero-order valence-corrected chi connectivity index (χ0v) is 6.30. The van der Waals surface area contributed by atoms with Crippen molar-refractivity contribution in [1.29, 1.82) is 0 Å². The van der Waals surface area contributed by atoms with E-state index >= 15 is 0 Å². The number of hydrogen-bond acceptors (Lipinski definition) is 2. The molecule has 3 N–H and O–H groups in total. The molecule has 1 atom stereocenters. The van der Waals surface area contributed by atoms with Gasteiger partial charge in [-0.3, -0.25) is 0 Å². The van der Waals surface area contributed by atoms with E-state index < -0.39 is 21.7 Å². The number of rotatable bonds is 2. The minimum Gasteiger partial charge on any atom is -0.474 e. The van der Waals surface area contributed by atoms with E-state index in [0.29, 0.717) is 0 Å². The molecule has 11 heavy (non-hydrogen) atoms. The molecule has 0 bridgehead atoms. The summed E-state index contributed by atoms with van der Waals surface area (Å²) in [6, 6.07) is 2.91. The van der Waals surface area contributed by atoms with Gasteiger partial charge in [0.2, 0.25) is 0 Å². The molecule has 1 rings (SSSR count). The molecule has 0 aliphatic rings. The topological polar surface area (TPSA) is 80.4 Å². The number of amides is 1. The molecule has 0 saturated heterocycles. The van der Waals surface area contributed by atoms with Gasteiger partial charge in [0, 0.05) is 6.07 Å². The normalized spacial score (nSPS) is 11.1. The predicted octanol–water partition coefficient (Wildman–Crippen LogP) is 1.06. The summed E-state index contributed by atoms with van der Waals surface area (Å²) < 4.78 is 0. The second-order valence-corrected chi connectivity index (χ2v) is 3.61. The monoisotopic (exact) mass is 172 g/mol. The Morgan fingerprint density at radius 2 is 2.18 bits per heavy atom. The molecule has 4 nitrogen and oxygen atoms in total. The molecule has 1 amide bonds. The van der Waals surface area contributed by atoms with Crippen LogP contribution in [0.25, 0.3) is 0 Å². The minimum absolute atomic E-state index is 0.0671. The lowest BCUT2D eigenvalue weighted by molar-refractivity contribution is 0.0702. The SMILES string of the molecule is NC(=O)[s+]1cccc1C(=O)O. The van der Waals surface area contributed by atoms with Gasteiger partial charge in [-0.2, -0.15) is 0 Å². The molecule has 1 aromatic heterocycles. The predicted molar refractivity (Wildman–Crippen MR) is 40.9 cm³/mol. The molecule has 1 unspecified atom stereocenters. The summed E-state index contributed by atoms with van der Waals surface area (Å²) in [6.07, 6.45) is 0. The van der Waals surface area contributed by atoms with E-state index in [1.54, 1.807) is 0 Å². The van der Waals surface area contributed by atoms with Crippen LogP contribution < -0.4 is 5.73 Å². The van der Waals surface area contributed by atoms with Crippen molar-refractivity contribution in [2.24, 2.45) is 5.73 Å². The molecule has 0 aliphatic heterocycles. The number of carbonyl (C=O) groups is 2. The Hall–Kier alpha value is -1.36. The van der Waals surface area contributed by atoms with Gasteiger partial charge in [0.1, 0.15) is 5.38 Å². The Morgan fingerprint density at radius 1 is 1.55 bits per heavy atom. The lowest BCUT2D eigenvalue weighted by atomic mass is 10.5. The van der Waals surface area contributed by atoms with Crippen LogP contribution in [0.15, 0.2) is 17.5 Å². The highest BCUT2D eigenvalue weighted by atomic mass is 32.2. The molecular formula is C6H6NO3S+. The van der Waals surface area contributed by atoms with Crippen molar-refractivity contribution in [2.45, 2.75) is 0 Å². The molecule has 1 aromatic rings. The van der Waals surface area contributed by atoms with E-state index in [1.807, 2.05) is 0 Å². The second kappa shape index (κ2) is 2.71. The first-order chi connectivity index (χ1) is 5.13. The maximum absolute atomic E-state index is 10.6. The number of carbonyl (C=O) groups excluding carboxylic acids is 1. The molecule has 0 radical (unpaired) electrons. The molecule has 0 saturated carbocycles. The van der Waals surface area contributed by atoms with Crippen molar-refractivity contribution in [1.82, 2.24) is 0 Å². The standard InChI is InChI=1S/C6H5NO3S/c7-6(10)11-3-1-2-4(11)5(8)9/h1-3H,(H2-,7,8,9,10)/p+1. The average Bonchev–Trinajstić information content (AvgIpc) is 2.32. The molecular weight excluding hydrogens is 166 g/mol. The van der Waals surface area contributed by atoms with Gasteiger partial charge < -0.3 is 10.8 Å². The quantitative estimate of drug-likeness (QED) is 0.654. The Balaban J connectivity index is 3.16. The van der Waals surface area contributed by atoms with E-state index in [1.165, 1.54) is 17.5 Å². The van der Waals surface area contributed by atoms with Crippen LogP contribution in [0, 0.1) is 0 Å². The van der Waals surface area contributed by atoms with E-state index in [9.17, 15) is 9.59 Å². The summed E-state index contributed by atoms with van der Waals surface area (Å²) in [7, 11) is -1.03. The second-order valence-electron chi connectivity index (χ2n) is 1.82. The van der Waals surface area contributed by atoms with Crippen LogP contribution in [0.4, 0.5) is 4.79 Å². The van der Waals surface area contributed by atoms with Crippen LogP contribution in [-0.2, 0) is 0 Å². The van der Waals surface area contributed by atoms with Crippen LogP contribution in [0.5, 0.6) is 0 Å². The third-order valence-electron chi connectivity index (χ3n) is 1.13. The average molecular weight is 172 g/mol. The third-order valence-corrected chi connectivity index (χ3v) is 2.77. The lowest BCUT2D eigenvalue weighted by Crippen LogP contribution is -2.06. The van der Waals surface area contributed by atoms with Crippen LogP contribution in [0.1, 0.15) is 9.67 Å². The molecule has 58 valence electrons. The van der Waals surface area contributed by atoms with E-state index in [0.717, 1.165) is 0 Å². The van der Waals surface area contributed by atoms with Crippen molar-refractivity contribution in [2.75, 3.05) is 0 Å². The maximum Gasteiger partial charge on any atom is 0.454 e. The number of carboxylic acids is 1. The molecule has 1 heterocycles. The summed E-state index contributed by atoms with van der Waals surface area (Å²) in [6.45, 7) is 0. The maximum atomic E-state index is 10.6. The van der Waals surface area contributed by atoms with Crippen LogP contribution in [-0.4, -0.2) is 16.3 Å². The van der Waals surface area contributed by atoms with Gasteiger partial charge in [-0.15, -0.1) is 0 Å². The van der Waals surface area contributed by atoms with Gasteiger partial charge in [0.15, 0.2) is 0 Å². The molecule has 0 fully saturated rings.